The maximum atomic E-state index is 3.58. The molecule has 1 nitrogen and oxygen atoms in total. The van der Waals surface area contributed by atoms with Crippen molar-refractivity contribution in [2.75, 3.05) is 6.54 Å². The number of nitrogens with one attached hydrogen (secondary N) is 1. The van der Waals surface area contributed by atoms with E-state index in [0.29, 0.717) is 0 Å². The first-order valence-electron chi connectivity index (χ1n) is 4.20. The lowest BCUT2D eigenvalue weighted by molar-refractivity contribution is 0.318. The first-order chi connectivity index (χ1) is 4.47. The van der Waals surface area contributed by atoms with Crippen LogP contribution in [-0.4, -0.2) is 12.6 Å². The third-order valence-corrected chi connectivity index (χ3v) is 2.82. The molecule has 0 aromatic rings. The molecule has 1 saturated heterocycles. The van der Waals surface area contributed by atoms with Gasteiger partial charge in [0.1, 0.15) is 0 Å². The minimum absolute atomic E-state index is 0.916. The average molecular weight is 125 g/mol. The fourth-order valence-electron chi connectivity index (χ4n) is 2.30. The number of piperidine rings is 1. The Morgan fingerprint density at radius 3 is 2.78 bits per heavy atom. The molecule has 0 unspecified atom stereocenters. The Morgan fingerprint density at radius 2 is 1.89 bits per heavy atom. The maximum Gasteiger partial charge on any atom is 0.00953 e. The predicted octanol–water partition coefficient (Wildman–Crippen LogP) is 1.54. The van der Waals surface area contributed by atoms with E-state index in [0.717, 1.165) is 12.0 Å². The summed E-state index contributed by atoms with van der Waals surface area (Å²) < 4.78 is 0. The van der Waals surface area contributed by atoms with Crippen molar-refractivity contribution in [3.05, 3.63) is 0 Å². The first-order valence-corrected chi connectivity index (χ1v) is 4.20. The van der Waals surface area contributed by atoms with E-state index in [-0.39, 0.29) is 0 Å². The Hall–Kier alpha value is -0.0400. The van der Waals surface area contributed by atoms with Gasteiger partial charge in [-0.15, -0.1) is 0 Å². The van der Waals surface area contributed by atoms with E-state index in [1.807, 2.05) is 0 Å². The molecule has 1 heteroatoms. The van der Waals surface area contributed by atoms with Gasteiger partial charge in [0.25, 0.3) is 0 Å². The monoisotopic (exact) mass is 125 g/mol. The van der Waals surface area contributed by atoms with Crippen LogP contribution in [0, 0.1) is 5.92 Å². The van der Waals surface area contributed by atoms with Crippen molar-refractivity contribution in [3.8, 4) is 0 Å². The van der Waals surface area contributed by atoms with E-state index in [1.165, 1.54) is 38.6 Å². The molecule has 1 saturated carbocycles. The van der Waals surface area contributed by atoms with Crippen molar-refractivity contribution >= 4 is 0 Å². The van der Waals surface area contributed by atoms with Crippen molar-refractivity contribution in [3.63, 3.8) is 0 Å². The Kier molecular flexibility index (Phi) is 1.46. The summed E-state index contributed by atoms with van der Waals surface area (Å²) in [6.45, 7) is 1.28. The normalized spacial score (nSPS) is 42.7. The lowest BCUT2D eigenvalue weighted by Gasteiger charge is -2.26. The second-order valence-corrected chi connectivity index (χ2v) is 3.39. The lowest BCUT2D eigenvalue weighted by Crippen LogP contribution is -2.37. The lowest BCUT2D eigenvalue weighted by atomic mass is 9.94. The van der Waals surface area contributed by atoms with E-state index in [1.54, 1.807) is 0 Å². The third kappa shape index (κ3) is 0.983. The quantitative estimate of drug-likeness (QED) is 0.518. The predicted molar refractivity (Wildman–Crippen MR) is 38.4 cm³/mol. The van der Waals surface area contributed by atoms with Gasteiger partial charge in [0, 0.05) is 6.04 Å². The molecule has 2 rings (SSSR count). The molecule has 2 fully saturated rings. The highest BCUT2D eigenvalue weighted by atomic mass is 14.9. The van der Waals surface area contributed by atoms with Gasteiger partial charge in [-0.05, 0) is 38.1 Å². The summed E-state index contributed by atoms with van der Waals surface area (Å²) in [7, 11) is 0. The Balaban J connectivity index is 1.97. The van der Waals surface area contributed by atoms with Gasteiger partial charge in [0.15, 0.2) is 0 Å². The molecular weight excluding hydrogens is 110 g/mol. The number of hydrogen-bond acceptors (Lipinski definition) is 1. The van der Waals surface area contributed by atoms with Gasteiger partial charge in [0.2, 0.25) is 0 Å². The van der Waals surface area contributed by atoms with Crippen LogP contribution in [0.1, 0.15) is 32.1 Å². The summed E-state index contributed by atoms with van der Waals surface area (Å²) >= 11 is 0. The molecule has 9 heavy (non-hydrogen) atoms. The Morgan fingerprint density at radius 1 is 1.00 bits per heavy atom. The topological polar surface area (TPSA) is 12.0 Å². The highest BCUT2D eigenvalue weighted by Crippen LogP contribution is 2.31. The Bertz CT molecular complexity index is 88.7. The van der Waals surface area contributed by atoms with Gasteiger partial charge < -0.3 is 5.32 Å². The van der Waals surface area contributed by atoms with E-state index >= 15 is 0 Å². The van der Waals surface area contributed by atoms with Crippen molar-refractivity contribution < 1.29 is 0 Å². The molecule has 1 heterocycles. The molecule has 0 amide bonds. The van der Waals surface area contributed by atoms with Gasteiger partial charge in [-0.25, -0.2) is 0 Å². The second-order valence-electron chi connectivity index (χ2n) is 3.39. The third-order valence-electron chi connectivity index (χ3n) is 2.82. The van der Waals surface area contributed by atoms with Crippen LogP contribution in [0.4, 0.5) is 0 Å². The summed E-state index contributed by atoms with van der Waals surface area (Å²) in [4.78, 5) is 0. The van der Waals surface area contributed by atoms with Crippen molar-refractivity contribution in [2.24, 2.45) is 5.92 Å². The van der Waals surface area contributed by atoms with Gasteiger partial charge >= 0.3 is 0 Å². The number of fused-ring (bicyclic) bond motifs is 1. The minimum atomic E-state index is 0.916. The van der Waals surface area contributed by atoms with Crippen molar-refractivity contribution in [1.82, 2.24) is 5.32 Å². The van der Waals surface area contributed by atoms with Crippen molar-refractivity contribution in [2.45, 2.75) is 38.1 Å². The highest BCUT2D eigenvalue weighted by molar-refractivity contribution is 4.86. The molecule has 0 radical (unpaired) electrons. The zero-order valence-corrected chi connectivity index (χ0v) is 5.90. The average Bonchev–Trinajstić information content (AvgIpc) is 2.33. The van der Waals surface area contributed by atoms with E-state index in [9.17, 15) is 0 Å². The van der Waals surface area contributed by atoms with E-state index in [2.05, 4.69) is 5.32 Å². The van der Waals surface area contributed by atoms with Crippen LogP contribution < -0.4 is 5.32 Å². The van der Waals surface area contributed by atoms with Crippen LogP contribution in [-0.2, 0) is 0 Å². The molecule has 1 aliphatic heterocycles. The van der Waals surface area contributed by atoms with Crippen LogP contribution in [0.2, 0.25) is 0 Å². The second kappa shape index (κ2) is 2.30. The molecule has 1 N–H and O–H groups in total. The molecular formula is C8H15N. The van der Waals surface area contributed by atoms with Gasteiger partial charge in [-0.1, -0.05) is 6.42 Å². The Labute approximate surface area is 56.8 Å². The number of rotatable bonds is 0. The molecule has 0 bridgehead atoms. The summed E-state index contributed by atoms with van der Waals surface area (Å²) in [5, 5.41) is 3.58. The van der Waals surface area contributed by atoms with Crippen molar-refractivity contribution in [1.29, 1.82) is 0 Å². The molecule has 0 aromatic carbocycles. The standard InChI is InChI=1S/C8H15N/c1-3-7-4-2-6-9-8(7)5-1/h7-9H,1-6H2/t7-,8-/m1/s1. The first kappa shape index (κ1) is 5.72. The molecule has 0 aromatic heterocycles. The number of hydrogen-bond donors (Lipinski definition) is 1. The van der Waals surface area contributed by atoms with Crippen LogP contribution in [0.5, 0.6) is 0 Å². The van der Waals surface area contributed by atoms with Gasteiger partial charge in [-0.2, -0.15) is 0 Å². The van der Waals surface area contributed by atoms with E-state index < -0.39 is 0 Å². The van der Waals surface area contributed by atoms with Crippen LogP contribution >= 0.6 is 0 Å². The van der Waals surface area contributed by atoms with Crippen LogP contribution in [0.3, 0.4) is 0 Å². The molecule has 2 aliphatic rings. The fraction of sp³-hybridized carbons (Fsp3) is 1.00. The molecule has 2 atom stereocenters. The van der Waals surface area contributed by atoms with Crippen LogP contribution in [0.15, 0.2) is 0 Å². The molecule has 0 spiro atoms. The summed E-state index contributed by atoms with van der Waals surface area (Å²) in [6.07, 6.45) is 7.34. The zero-order valence-electron chi connectivity index (χ0n) is 5.90. The summed E-state index contributed by atoms with van der Waals surface area (Å²) in [5.74, 6) is 1.05. The zero-order chi connectivity index (χ0) is 6.10. The molecule has 52 valence electrons. The fourth-order valence-corrected chi connectivity index (χ4v) is 2.30. The largest absolute Gasteiger partial charge is 0.314 e. The van der Waals surface area contributed by atoms with Crippen LogP contribution in [0.25, 0.3) is 0 Å². The SMILES string of the molecule is C1CN[C@@H]2CCC[C@@H]2C1. The van der Waals surface area contributed by atoms with E-state index in [4.69, 9.17) is 0 Å². The highest BCUT2D eigenvalue weighted by Gasteiger charge is 2.28. The summed E-state index contributed by atoms with van der Waals surface area (Å²) in [6, 6.07) is 0.916. The maximum absolute atomic E-state index is 3.58. The van der Waals surface area contributed by atoms with Gasteiger partial charge in [-0.3, -0.25) is 0 Å². The minimum Gasteiger partial charge on any atom is -0.314 e. The molecule has 1 aliphatic carbocycles. The summed E-state index contributed by atoms with van der Waals surface area (Å²) in [5.41, 5.74) is 0. The van der Waals surface area contributed by atoms with Gasteiger partial charge in [0.05, 0.1) is 0 Å². The smallest absolute Gasteiger partial charge is 0.00953 e.